The fraction of sp³-hybridized carbons (Fsp3) is 0.143. The monoisotopic (exact) mass is 258 g/mol. The zero-order valence-electron chi connectivity index (χ0n) is 8.90. The van der Waals surface area contributed by atoms with Crippen molar-refractivity contribution >= 4 is 20.1 Å². The zero-order valence-corrected chi connectivity index (χ0v) is 11.0. The molecule has 2 rings (SSSR count). The van der Waals surface area contributed by atoms with E-state index in [1.54, 1.807) is 4.35 Å². The topological polar surface area (TPSA) is 0 Å². The van der Waals surface area contributed by atoms with Crippen LogP contribution >= 0.6 is 0 Å². The Hall–Kier alpha value is -1.00. The van der Waals surface area contributed by atoms with E-state index in [2.05, 4.69) is 61.5 Å². The average Bonchev–Trinajstić information content (AvgIpc) is 2.32. The summed E-state index contributed by atoms with van der Waals surface area (Å²) < 4.78 is 1.55. The Morgan fingerprint density at radius 3 is 2.00 bits per heavy atom. The van der Waals surface area contributed by atoms with Crippen LogP contribution in [0, 0.1) is 0 Å². The van der Waals surface area contributed by atoms with E-state index >= 15 is 0 Å². The molecule has 2 aromatic rings. The second kappa shape index (κ2) is 5.18. The molecule has 0 spiro atoms. The van der Waals surface area contributed by atoms with Gasteiger partial charge in [-0.05, 0) is 0 Å². The average molecular weight is 258 g/mol. The van der Waals surface area contributed by atoms with Crippen LogP contribution in [0.5, 0.6) is 0 Å². The fourth-order valence-electron chi connectivity index (χ4n) is 1.62. The first-order valence-electron chi connectivity index (χ1n) is 5.29. The molecule has 0 N–H and O–H groups in total. The molecule has 0 heterocycles. The van der Waals surface area contributed by atoms with Crippen molar-refractivity contribution in [2.24, 2.45) is 0 Å². The molecule has 0 aliphatic carbocycles. The van der Waals surface area contributed by atoms with Crippen LogP contribution in [0.15, 0.2) is 54.6 Å². The maximum atomic E-state index is 2.28. The summed E-state index contributed by atoms with van der Waals surface area (Å²) in [5.41, 5.74) is 2.63. The quantitative estimate of drug-likeness (QED) is 0.743. The molecule has 0 amide bonds. The molecule has 0 aliphatic heterocycles. The standard InChI is InChI=1S/C14H15As/c1-2-15-14-10-8-13(9-11-14)12-6-4-3-5-7-12/h3-11,15H,2H2,1H3. The van der Waals surface area contributed by atoms with Crippen LogP contribution in [-0.2, 0) is 0 Å². The Kier molecular flexibility index (Phi) is 3.63. The number of hydrogen-bond acceptors (Lipinski definition) is 0. The van der Waals surface area contributed by atoms with Crippen molar-refractivity contribution in [2.75, 3.05) is 0 Å². The van der Waals surface area contributed by atoms with Crippen molar-refractivity contribution < 1.29 is 0 Å². The molecule has 0 fully saturated rings. The van der Waals surface area contributed by atoms with Gasteiger partial charge in [-0.2, -0.15) is 0 Å². The first-order chi connectivity index (χ1) is 7.40. The van der Waals surface area contributed by atoms with Gasteiger partial charge in [0.25, 0.3) is 0 Å². The van der Waals surface area contributed by atoms with E-state index in [-0.39, 0.29) is 15.8 Å². The third kappa shape index (κ3) is 2.73. The van der Waals surface area contributed by atoms with E-state index in [1.807, 2.05) is 0 Å². The zero-order chi connectivity index (χ0) is 10.5. The molecule has 0 bridgehead atoms. The van der Waals surface area contributed by atoms with Gasteiger partial charge in [0.2, 0.25) is 0 Å². The van der Waals surface area contributed by atoms with Crippen molar-refractivity contribution in [3.05, 3.63) is 54.6 Å². The van der Waals surface area contributed by atoms with Crippen LogP contribution < -0.4 is 4.35 Å². The number of rotatable bonds is 3. The van der Waals surface area contributed by atoms with E-state index in [0.717, 1.165) is 0 Å². The summed E-state index contributed by atoms with van der Waals surface area (Å²) in [6.45, 7) is 2.27. The molecule has 1 heteroatoms. The van der Waals surface area contributed by atoms with Crippen LogP contribution in [0.3, 0.4) is 0 Å². The SMILES string of the molecule is CC[AsH]c1ccc(-c2ccccc2)cc1. The second-order valence-electron chi connectivity index (χ2n) is 3.47. The first-order valence-corrected chi connectivity index (χ1v) is 7.83. The van der Waals surface area contributed by atoms with Crippen molar-refractivity contribution in [3.8, 4) is 11.1 Å². The normalized spacial score (nSPS) is 11.0. The third-order valence-electron chi connectivity index (χ3n) is 2.37. The molecule has 15 heavy (non-hydrogen) atoms. The van der Waals surface area contributed by atoms with E-state index in [4.69, 9.17) is 0 Å². The van der Waals surface area contributed by atoms with Crippen LogP contribution in [0.25, 0.3) is 11.1 Å². The maximum absolute atomic E-state index is 2.28. The predicted molar refractivity (Wildman–Crippen MR) is 69.1 cm³/mol. The van der Waals surface area contributed by atoms with Crippen LogP contribution in [0.4, 0.5) is 0 Å². The summed E-state index contributed by atoms with van der Waals surface area (Å²) in [6.07, 6.45) is 0. The summed E-state index contributed by atoms with van der Waals surface area (Å²) >= 11 is 0.120. The van der Waals surface area contributed by atoms with Gasteiger partial charge in [-0.15, -0.1) is 0 Å². The predicted octanol–water partition coefficient (Wildman–Crippen LogP) is 2.85. The van der Waals surface area contributed by atoms with Gasteiger partial charge < -0.3 is 0 Å². The Labute approximate surface area is 98.0 Å². The summed E-state index contributed by atoms with van der Waals surface area (Å²) in [5, 5.41) is 1.34. The summed E-state index contributed by atoms with van der Waals surface area (Å²) in [5.74, 6) is 0. The molecule has 0 saturated heterocycles. The van der Waals surface area contributed by atoms with Gasteiger partial charge in [-0.3, -0.25) is 0 Å². The van der Waals surface area contributed by atoms with Crippen molar-refractivity contribution in [3.63, 3.8) is 0 Å². The molecular weight excluding hydrogens is 243 g/mol. The first kappa shape index (κ1) is 10.5. The van der Waals surface area contributed by atoms with E-state index < -0.39 is 0 Å². The Morgan fingerprint density at radius 1 is 0.800 bits per heavy atom. The summed E-state index contributed by atoms with van der Waals surface area (Å²) in [6, 6.07) is 19.6. The Balaban J connectivity index is 2.24. The molecule has 2 aromatic carbocycles. The van der Waals surface area contributed by atoms with Gasteiger partial charge in [0.15, 0.2) is 0 Å². The van der Waals surface area contributed by atoms with Gasteiger partial charge >= 0.3 is 98.0 Å². The molecule has 0 saturated carbocycles. The Morgan fingerprint density at radius 2 is 1.40 bits per heavy atom. The third-order valence-corrected chi connectivity index (χ3v) is 4.67. The molecule has 0 aromatic heterocycles. The molecule has 0 aliphatic rings. The van der Waals surface area contributed by atoms with Gasteiger partial charge in [0.1, 0.15) is 0 Å². The van der Waals surface area contributed by atoms with Gasteiger partial charge in [-0.1, -0.05) is 0 Å². The fourth-order valence-corrected chi connectivity index (χ4v) is 3.32. The van der Waals surface area contributed by atoms with E-state index in [0.29, 0.717) is 0 Å². The minimum absolute atomic E-state index is 0.120. The Bertz CT molecular complexity index is 403. The van der Waals surface area contributed by atoms with Crippen LogP contribution in [0.2, 0.25) is 5.21 Å². The minimum atomic E-state index is 0.120. The van der Waals surface area contributed by atoms with Gasteiger partial charge in [0, 0.05) is 0 Å². The molecule has 0 radical (unpaired) electrons. The van der Waals surface area contributed by atoms with Crippen molar-refractivity contribution in [1.82, 2.24) is 0 Å². The van der Waals surface area contributed by atoms with Gasteiger partial charge in [0.05, 0.1) is 0 Å². The van der Waals surface area contributed by atoms with Crippen molar-refractivity contribution in [1.29, 1.82) is 0 Å². The summed E-state index contributed by atoms with van der Waals surface area (Å²) in [7, 11) is 0. The van der Waals surface area contributed by atoms with Crippen molar-refractivity contribution in [2.45, 2.75) is 12.1 Å². The van der Waals surface area contributed by atoms with Gasteiger partial charge in [-0.25, -0.2) is 0 Å². The molecule has 1 atom stereocenters. The molecule has 76 valence electrons. The number of hydrogen-bond donors (Lipinski definition) is 0. The molecular formula is C14H15As. The second-order valence-corrected chi connectivity index (χ2v) is 6.91. The molecule has 1 unspecified atom stereocenters. The van der Waals surface area contributed by atoms with E-state index in [1.165, 1.54) is 16.3 Å². The molecule has 0 nitrogen and oxygen atoms in total. The van der Waals surface area contributed by atoms with Crippen LogP contribution in [-0.4, -0.2) is 15.8 Å². The van der Waals surface area contributed by atoms with Crippen LogP contribution in [0.1, 0.15) is 6.92 Å². The number of benzene rings is 2. The van der Waals surface area contributed by atoms with E-state index in [9.17, 15) is 0 Å². The summed E-state index contributed by atoms with van der Waals surface area (Å²) in [4.78, 5) is 0.